The molecule has 1 heterocycles. The second-order valence-electron chi connectivity index (χ2n) is 5.55. The molecule has 25 heavy (non-hydrogen) atoms. The van der Waals surface area contributed by atoms with Gasteiger partial charge in [-0.3, -0.25) is 9.59 Å². The van der Waals surface area contributed by atoms with Gasteiger partial charge in [0.25, 0.3) is 12.1 Å². The highest BCUT2D eigenvalue weighted by Crippen LogP contribution is 2.31. The molecule has 0 N–H and O–H groups in total. The maximum atomic E-state index is 12.9. The molecular weight excluding hydrogens is 384 g/mol. The summed E-state index contributed by atoms with van der Waals surface area (Å²) in [6, 6.07) is 15.2. The molecule has 0 radical (unpaired) electrons. The highest BCUT2D eigenvalue weighted by molar-refractivity contribution is 9.10. The molecule has 1 atom stereocenters. The number of rotatable bonds is 3. The zero-order valence-electron chi connectivity index (χ0n) is 13.9. The van der Waals surface area contributed by atoms with E-state index in [9.17, 15) is 9.59 Å². The summed E-state index contributed by atoms with van der Waals surface area (Å²) in [7, 11) is 0. The lowest BCUT2D eigenvalue weighted by Crippen LogP contribution is -2.39. The largest absolute Gasteiger partial charge is 0.430 e. The van der Waals surface area contributed by atoms with Crippen LogP contribution in [-0.4, -0.2) is 30.4 Å². The van der Waals surface area contributed by atoms with Crippen LogP contribution in [0.2, 0.25) is 0 Å². The van der Waals surface area contributed by atoms with Crippen LogP contribution in [0, 0.1) is 0 Å². The van der Waals surface area contributed by atoms with Gasteiger partial charge in [-0.2, -0.15) is 0 Å². The van der Waals surface area contributed by atoms with Crippen molar-refractivity contribution in [2.45, 2.75) is 20.1 Å². The Morgan fingerprint density at radius 3 is 2.60 bits per heavy atom. The number of carbonyl (C=O) groups is 2. The van der Waals surface area contributed by atoms with Crippen LogP contribution in [0.3, 0.4) is 0 Å². The summed E-state index contributed by atoms with van der Waals surface area (Å²) in [6.45, 7) is 3.60. The van der Waals surface area contributed by atoms with Crippen molar-refractivity contribution in [2.24, 2.45) is 4.99 Å². The van der Waals surface area contributed by atoms with Crippen LogP contribution in [-0.2, 0) is 14.3 Å². The predicted octanol–water partition coefficient (Wildman–Crippen LogP) is 3.54. The van der Waals surface area contributed by atoms with Crippen molar-refractivity contribution in [3.05, 3.63) is 64.1 Å². The number of amides is 1. The third-order valence-electron chi connectivity index (χ3n) is 3.87. The second-order valence-corrected chi connectivity index (χ2v) is 6.47. The molecule has 2 aromatic carbocycles. The van der Waals surface area contributed by atoms with Gasteiger partial charge in [-0.1, -0.05) is 46.3 Å². The first kappa shape index (κ1) is 17.4. The van der Waals surface area contributed by atoms with E-state index in [-0.39, 0.29) is 5.91 Å². The molecule has 0 aliphatic carbocycles. The quantitative estimate of drug-likeness (QED) is 0.740. The van der Waals surface area contributed by atoms with E-state index >= 15 is 0 Å². The number of fused-ring (bicyclic) bond motifs is 1. The van der Waals surface area contributed by atoms with Crippen LogP contribution < -0.4 is 4.90 Å². The monoisotopic (exact) mass is 400 g/mol. The number of esters is 1. The molecule has 0 unspecified atom stereocenters. The molecule has 0 bridgehead atoms. The van der Waals surface area contributed by atoms with Gasteiger partial charge >= 0.3 is 5.97 Å². The Kier molecular flexibility index (Phi) is 4.99. The summed E-state index contributed by atoms with van der Waals surface area (Å²) in [6.07, 6.45) is -1.20. The lowest BCUT2D eigenvalue weighted by atomic mass is 10.0. The Labute approximate surface area is 154 Å². The molecule has 1 aliphatic rings. The van der Waals surface area contributed by atoms with Gasteiger partial charge < -0.3 is 9.64 Å². The normalized spacial score (nSPS) is 16.8. The van der Waals surface area contributed by atoms with Crippen LogP contribution in [0.15, 0.2) is 58.0 Å². The van der Waals surface area contributed by atoms with E-state index < -0.39 is 12.2 Å². The van der Waals surface area contributed by atoms with E-state index in [1.165, 1.54) is 6.92 Å². The fraction of sp³-hybridized carbons (Fsp3) is 0.211. The molecule has 0 aromatic heterocycles. The minimum absolute atomic E-state index is 0.354. The van der Waals surface area contributed by atoms with Crippen LogP contribution in [0.25, 0.3) is 0 Å². The van der Waals surface area contributed by atoms with Gasteiger partial charge in [0.15, 0.2) is 0 Å². The zero-order valence-corrected chi connectivity index (χ0v) is 15.5. The molecule has 1 amide bonds. The van der Waals surface area contributed by atoms with Gasteiger partial charge in [0.05, 0.1) is 11.4 Å². The fourth-order valence-electron chi connectivity index (χ4n) is 2.81. The molecule has 5 nitrogen and oxygen atoms in total. The first-order chi connectivity index (χ1) is 12.0. The van der Waals surface area contributed by atoms with E-state index in [1.807, 2.05) is 55.5 Å². The Balaban J connectivity index is 2.25. The minimum atomic E-state index is -1.20. The van der Waals surface area contributed by atoms with Gasteiger partial charge in [-0.15, -0.1) is 0 Å². The van der Waals surface area contributed by atoms with Gasteiger partial charge in [0, 0.05) is 29.1 Å². The summed E-state index contributed by atoms with van der Waals surface area (Å²) in [5.41, 5.74) is 3.02. The molecule has 0 fully saturated rings. The highest BCUT2D eigenvalue weighted by Gasteiger charge is 2.33. The Morgan fingerprint density at radius 1 is 1.24 bits per heavy atom. The van der Waals surface area contributed by atoms with Gasteiger partial charge in [-0.25, -0.2) is 4.99 Å². The maximum absolute atomic E-state index is 12.9. The van der Waals surface area contributed by atoms with Crippen LogP contribution in [0.1, 0.15) is 25.0 Å². The summed E-state index contributed by atoms with van der Waals surface area (Å²) in [4.78, 5) is 30.4. The summed E-state index contributed by atoms with van der Waals surface area (Å²) in [5, 5.41) is 0. The zero-order chi connectivity index (χ0) is 18.0. The van der Waals surface area contributed by atoms with Gasteiger partial charge in [-0.05, 0) is 25.1 Å². The lowest BCUT2D eigenvalue weighted by molar-refractivity contribution is -0.152. The molecule has 0 saturated carbocycles. The third-order valence-corrected chi connectivity index (χ3v) is 4.36. The number of benzene rings is 2. The topological polar surface area (TPSA) is 59.0 Å². The smallest absolute Gasteiger partial charge is 0.305 e. The SMILES string of the molecule is CCN1C(=O)[C@H](OC(C)=O)N=C(c2ccccc2)c2cc(Br)ccc21. The minimum Gasteiger partial charge on any atom is -0.430 e. The van der Waals surface area contributed by atoms with Crippen LogP contribution in [0.5, 0.6) is 0 Å². The Bertz CT molecular complexity index is 849. The first-order valence-electron chi connectivity index (χ1n) is 7.93. The van der Waals surface area contributed by atoms with Crippen LogP contribution in [0.4, 0.5) is 5.69 Å². The molecular formula is C19H17BrN2O3. The van der Waals surface area contributed by atoms with Crippen LogP contribution >= 0.6 is 15.9 Å². The molecule has 0 spiro atoms. The molecule has 3 rings (SSSR count). The average molecular weight is 401 g/mol. The summed E-state index contributed by atoms with van der Waals surface area (Å²) in [5.74, 6) is -0.898. The second kappa shape index (κ2) is 7.19. The molecule has 2 aromatic rings. The first-order valence-corrected chi connectivity index (χ1v) is 8.72. The van der Waals surface area contributed by atoms with Crippen molar-refractivity contribution in [1.82, 2.24) is 0 Å². The highest BCUT2D eigenvalue weighted by atomic mass is 79.9. The Morgan fingerprint density at radius 2 is 1.96 bits per heavy atom. The van der Waals surface area contributed by atoms with Crippen molar-refractivity contribution < 1.29 is 14.3 Å². The van der Waals surface area contributed by atoms with Crippen molar-refractivity contribution in [1.29, 1.82) is 0 Å². The van der Waals surface area contributed by atoms with E-state index in [1.54, 1.807) is 4.90 Å². The number of likely N-dealkylation sites (N-methyl/N-ethyl adjacent to an activating group) is 1. The number of halogens is 1. The summed E-state index contributed by atoms with van der Waals surface area (Å²) >= 11 is 3.48. The summed E-state index contributed by atoms with van der Waals surface area (Å²) < 4.78 is 6.08. The van der Waals surface area contributed by atoms with E-state index in [0.29, 0.717) is 12.3 Å². The standard InChI is InChI=1S/C19H17BrN2O3/c1-3-22-16-10-9-14(20)11-15(16)17(13-7-5-4-6-8-13)21-18(19(22)24)25-12(2)23/h4-11,18H,3H2,1-2H3/t18-/m0/s1. The predicted molar refractivity (Wildman–Crippen MR) is 99.8 cm³/mol. The number of carbonyl (C=O) groups excluding carboxylic acids is 2. The number of hydrogen-bond donors (Lipinski definition) is 0. The van der Waals surface area contributed by atoms with Crippen molar-refractivity contribution in [3.8, 4) is 0 Å². The number of benzodiazepines with no additional fused rings is 1. The third kappa shape index (κ3) is 3.49. The molecule has 6 heteroatoms. The van der Waals surface area contributed by atoms with Crippen molar-refractivity contribution in [3.63, 3.8) is 0 Å². The van der Waals surface area contributed by atoms with E-state index in [4.69, 9.17) is 4.74 Å². The van der Waals surface area contributed by atoms with Gasteiger partial charge in [0.1, 0.15) is 0 Å². The molecule has 128 valence electrons. The van der Waals surface area contributed by atoms with Crippen molar-refractivity contribution in [2.75, 3.05) is 11.4 Å². The number of anilines is 1. The maximum Gasteiger partial charge on any atom is 0.305 e. The lowest BCUT2D eigenvalue weighted by Gasteiger charge is -2.23. The Hall–Kier alpha value is -2.47. The number of ether oxygens (including phenoxy) is 1. The number of nitrogens with zero attached hydrogens (tertiary/aromatic N) is 2. The molecule has 0 saturated heterocycles. The average Bonchev–Trinajstić information content (AvgIpc) is 2.70. The number of aliphatic imine (C=N–C) groups is 1. The molecule has 1 aliphatic heterocycles. The number of hydrogen-bond acceptors (Lipinski definition) is 4. The van der Waals surface area contributed by atoms with Crippen molar-refractivity contribution >= 4 is 39.2 Å². The fourth-order valence-corrected chi connectivity index (χ4v) is 3.17. The van der Waals surface area contributed by atoms with E-state index in [2.05, 4.69) is 20.9 Å². The van der Waals surface area contributed by atoms with Gasteiger partial charge in [0.2, 0.25) is 0 Å². The van der Waals surface area contributed by atoms with E-state index in [0.717, 1.165) is 21.3 Å².